The van der Waals surface area contributed by atoms with Crippen molar-refractivity contribution in [1.82, 2.24) is 4.57 Å². The molecule has 1 aromatic heterocycles. The Morgan fingerprint density at radius 1 is 0.966 bits per heavy atom. The van der Waals surface area contributed by atoms with Gasteiger partial charge in [-0.15, -0.1) is 0 Å². The molecule has 0 radical (unpaired) electrons. The Bertz CT molecular complexity index is 668. The predicted octanol–water partition coefficient (Wildman–Crippen LogP) is 1.94. The van der Waals surface area contributed by atoms with Gasteiger partial charge >= 0.3 is 9.02 Å². The Morgan fingerprint density at radius 2 is 1.45 bits per heavy atom. The highest BCUT2D eigenvalue weighted by molar-refractivity contribution is 7.70. The van der Waals surface area contributed by atoms with E-state index in [1.807, 2.05) is 0 Å². The van der Waals surface area contributed by atoms with Crippen molar-refractivity contribution in [2.45, 2.75) is 95.7 Å². The lowest BCUT2D eigenvalue weighted by Gasteiger charge is -2.43. The van der Waals surface area contributed by atoms with Gasteiger partial charge in [0.25, 0.3) is 0 Å². The Labute approximate surface area is 174 Å². The molecule has 1 atom stereocenters. The van der Waals surface area contributed by atoms with Crippen molar-refractivity contribution in [2.24, 2.45) is 0 Å². The van der Waals surface area contributed by atoms with Crippen LogP contribution in [-0.4, -0.2) is 24.5 Å². The molecule has 0 bridgehead atoms. The fourth-order valence-electron chi connectivity index (χ4n) is 3.21. The largest absolute Gasteiger partial charge is 1.00 e. The summed E-state index contributed by atoms with van der Waals surface area (Å²) in [5, 5.41) is 6.18. The monoisotopic (exact) mass is 454 g/mol. The highest BCUT2D eigenvalue weighted by Gasteiger charge is 2.50. The standard InChI is InChI=1S/C18H36N2O7P2/c1-2-3-4-5-6-7-8-9-10-11-12-13-19-14-15-20(17-19)16-18(21,28(22,23)24)29(25,26)27/h14-15,17,21H,2-13,16H2,1H3,(H3-,22,23,24,25,26,27). The SMILES string of the molecule is CCCCCCCCCCCCCn1cc[n+](CC(O)(P(=O)([O-])[O-])P(=O)(O)O)c1.[H+]. The molecule has 0 fully saturated rings. The molecule has 0 saturated heterocycles. The lowest BCUT2D eigenvalue weighted by atomic mass is 10.1. The zero-order chi connectivity index (χ0) is 22.0. The number of nitrogens with zero attached hydrogens (tertiary/aromatic N) is 2. The molecule has 0 spiro atoms. The third-order valence-electron chi connectivity index (χ3n) is 5.07. The lowest BCUT2D eigenvalue weighted by molar-refractivity contribution is -0.704. The first-order chi connectivity index (χ1) is 13.5. The molecule has 0 amide bonds. The van der Waals surface area contributed by atoms with Crippen LogP contribution in [0.5, 0.6) is 0 Å². The fourth-order valence-corrected chi connectivity index (χ4v) is 5.17. The molecule has 1 aromatic rings. The van der Waals surface area contributed by atoms with Crippen LogP contribution in [0.2, 0.25) is 0 Å². The van der Waals surface area contributed by atoms with Crippen molar-refractivity contribution in [1.29, 1.82) is 0 Å². The Balaban J connectivity index is 0.00000841. The maximum Gasteiger partial charge on any atom is 1.00 e. The summed E-state index contributed by atoms with van der Waals surface area (Å²) in [6.45, 7) is 1.85. The molecule has 11 heteroatoms. The summed E-state index contributed by atoms with van der Waals surface area (Å²) in [4.78, 5) is 40.7. The van der Waals surface area contributed by atoms with E-state index in [2.05, 4.69) is 6.92 Å². The third kappa shape index (κ3) is 9.01. The lowest BCUT2D eigenvalue weighted by Crippen LogP contribution is -2.50. The highest BCUT2D eigenvalue weighted by Crippen LogP contribution is 2.63. The molecular weight excluding hydrogens is 418 g/mol. The van der Waals surface area contributed by atoms with E-state index in [4.69, 9.17) is 9.79 Å². The van der Waals surface area contributed by atoms with E-state index < -0.39 is 26.8 Å². The Morgan fingerprint density at radius 3 is 1.90 bits per heavy atom. The van der Waals surface area contributed by atoms with E-state index in [1.165, 1.54) is 63.9 Å². The smallest absolute Gasteiger partial charge is 0.808 e. The number of aryl methyl sites for hydroxylation is 1. The first kappa shape index (κ1) is 26.5. The van der Waals surface area contributed by atoms with Gasteiger partial charge in [-0.3, -0.25) is 4.57 Å². The number of imidazole rings is 1. The normalized spacial score (nSPS) is 14.8. The molecule has 29 heavy (non-hydrogen) atoms. The molecule has 1 rings (SSSR count). The van der Waals surface area contributed by atoms with E-state index in [0.29, 0.717) is 6.54 Å². The Kier molecular flexibility index (Phi) is 11.3. The van der Waals surface area contributed by atoms with Gasteiger partial charge in [-0.2, -0.15) is 0 Å². The van der Waals surface area contributed by atoms with Gasteiger partial charge in [-0.1, -0.05) is 64.7 Å². The van der Waals surface area contributed by atoms with Crippen LogP contribution in [-0.2, 0) is 22.2 Å². The minimum absolute atomic E-state index is 0. The van der Waals surface area contributed by atoms with Gasteiger partial charge in [-0.25, -0.2) is 9.13 Å². The maximum absolute atomic E-state index is 11.3. The van der Waals surface area contributed by atoms with Gasteiger partial charge in [0.1, 0.15) is 18.9 Å². The second kappa shape index (κ2) is 12.4. The van der Waals surface area contributed by atoms with Crippen LogP contribution in [0, 0.1) is 0 Å². The molecule has 9 nitrogen and oxygen atoms in total. The van der Waals surface area contributed by atoms with Gasteiger partial charge < -0.3 is 29.2 Å². The summed E-state index contributed by atoms with van der Waals surface area (Å²) in [7, 11) is -11.5. The third-order valence-corrected chi connectivity index (χ3v) is 8.68. The van der Waals surface area contributed by atoms with Crippen molar-refractivity contribution in [3.8, 4) is 0 Å². The second-order valence-electron chi connectivity index (χ2n) is 7.68. The highest BCUT2D eigenvalue weighted by atomic mass is 31.2. The summed E-state index contributed by atoms with van der Waals surface area (Å²) in [5.74, 6) is 0. The number of aliphatic hydroxyl groups is 1. The zero-order valence-electron chi connectivity index (χ0n) is 18.2. The van der Waals surface area contributed by atoms with Crippen LogP contribution in [0.4, 0.5) is 0 Å². The Hall–Kier alpha value is -0.530. The van der Waals surface area contributed by atoms with Crippen molar-refractivity contribution in [2.75, 3.05) is 0 Å². The van der Waals surface area contributed by atoms with Gasteiger partial charge in [0.05, 0.1) is 6.54 Å². The van der Waals surface area contributed by atoms with Crippen molar-refractivity contribution >= 4 is 15.2 Å². The molecule has 0 aliphatic carbocycles. The number of aromatic nitrogens is 2. The molecular formula is C18H36N2O7P2. The quantitative estimate of drug-likeness (QED) is 0.196. The second-order valence-corrected chi connectivity index (χ2v) is 11.6. The van der Waals surface area contributed by atoms with E-state index in [-0.39, 0.29) is 1.43 Å². The van der Waals surface area contributed by atoms with Crippen LogP contribution < -0.4 is 14.4 Å². The maximum atomic E-state index is 11.3. The molecule has 3 N–H and O–H groups in total. The number of hydrogen-bond donors (Lipinski definition) is 3. The summed E-state index contributed by atoms with van der Waals surface area (Å²) < 4.78 is 25.4. The predicted molar refractivity (Wildman–Crippen MR) is 107 cm³/mol. The summed E-state index contributed by atoms with van der Waals surface area (Å²) in [6.07, 6.45) is 17.8. The van der Waals surface area contributed by atoms with Gasteiger partial charge in [0.2, 0.25) is 11.4 Å². The number of unbranched alkanes of at least 4 members (excludes halogenated alkanes) is 10. The van der Waals surface area contributed by atoms with Gasteiger partial charge in [0, 0.05) is 0 Å². The minimum atomic E-state index is -5.95. The molecule has 0 aliphatic heterocycles. The van der Waals surface area contributed by atoms with E-state index in [0.717, 1.165) is 23.8 Å². The van der Waals surface area contributed by atoms with Gasteiger partial charge in [-0.05, 0) is 20.4 Å². The van der Waals surface area contributed by atoms with Crippen molar-refractivity contribution < 1.29 is 39.8 Å². The molecule has 0 aromatic carbocycles. The first-order valence-electron chi connectivity index (χ1n) is 10.4. The topological polar surface area (TPSA) is 150 Å². The minimum Gasteiger partial charge on any atom is -0.808 e. The average molecular weight is 454 g/mol. The van der Waals surface area contributed by atoms with E-state index >= 15 is 0 Å². The first-order valence-corrected chi connectivity index (χ1v) is 13.5. The van der Waals surface area contributed by atoms with Crippen molar-refractivity contribution in [3.63, 3.8) is 0 Å². The van der Waals surface area contributed by atoms with Crippen LogP contribution in [0.1, 0.15) is 79.0 Å². The van der Waals surface area contributed by atoms with Crippen LogP contribution in [0.3, 0.4) is 0 Å². The summed E-state index contributed by atoms with van der Waals surface area (Å²) in [5.41, 5.74) is 0. The summed E-state index contributed by atoms with van der Waals surface area (Å²) >= 11 is 0. The van der Waals surface area contributed by atoms with E-state index in [1.54, 1.807) is 10.8 Å². The zero-order valence-corrected chi connectivity index (χ0v) is 19.0. The molecule has 1 heterocycles. The summed E-state index contributed by atoms with van der Waals surface area (Å²) in [6, 6.07) is 0. The number of rotatable bonds is 16. The van der Waals surface area contributed by atoms with Crippen molar-refractivity contribution in [3.05, 3.63) is 18.7 Å². The van der Waals surface area contributed by atoms with Crippen LogP contribution in [0.15, 0.2) is 18.7 Å². The van der Waals surface area contributed by atoms with Crippen LogP contribution >= 0.6 is 15.2 Å². The van der Waals surface area contributed by atoms with Gasteiger partial charge in [0.15, 0.2) is 0 Å². The molecule has 0 aliphatic rings. The molecule has 1 unspecified atom stereocenters. The van der Waals surface area contributed by atoms with E-state index in [9.17, 15) is 24.0 Å². The molecule has 170 valence electrons. The molecule has 0 saturated carbocycles. The average Bonchev–Trinajstić information content (AvgIpc) is 3.05. The fraction of sp³-hybridized carbons (Fsp3) is 0.833. The van der Waals surface area contributed by atoms with Crippen LogP contribution in [0.25, 0.3) is 0 Å². The number of hydrogen-bond acceptors (Lipinski definition) is 5.